The lowest BCUT2D eigenvalue weighted by Crippen LogP contribution is -2.38. The van der Waals surface area contributed by atoms with Gasteiger partial charge in [0.2, 0.25) is 5.88 Å². The number of piperidine rings is 1. The molecule has 17 heavy (non-hydrogen) atoms. The highest BCUT2D eigenvalue weighted by Gasteiger charge is 2.26. The third kappa shape index (κ3) is 2.96. The zero-order chi connectivity index (χ0) is 12.3. The monoisotopic (exact) mass is 236 g/mol. The molecule has 1 fully saturated rings. The van der Waals surface area contributed by atoms with Gasteiger partial charge in [0.1, 0.15) is 0 Å². The molecule has 4 heteroatoms. The molecule has 2 unspecified atom stereocenters. The van der Waals surface area contributed by atoms with Gasteiger partial charge < -0.3 is 14.7 Å². The predicted molar refractivity (Wildman–Crippen MR) is 66.2 cm³/mol. The maximum Gasteiger partial charge on any atom is 0.213 e. The second-order valence-corrected chi connectivity index (χ2v) is 4.81. The van der Waals surface area contributed by atoms with Crippen molar-refractivity contribution in [3.63, 3.8) is 0 Å². The molecule has 1 N–H and O–H groups in total. The van der Waals surface area contributed by atoms with Crippen LogP contribution in [0.4, 0.5) is 0 Å². The van der Waals surface area contributed by atoms with Crippen molar-refractivity contribution in [3.05, 3.63) is 23.9 Å². The molecule has 0 bridgehead atoms. The van der Waals surface area contributed by atoms with E-state index in [9.17, 15) is 5.11 Å². The highest BCUT2D eigenvalue weighted by atomic mass is 16.5. The Hall–Kier alpha value is -1.13. The topological polar surface area (TPSA) is 45.6 Å². The molecule has 0 radical (unpaired) electrons. The average Bonchev–Trinajstić information content (AvgIpc) is 2.38. The molecule has 0 amide bonds. The Labute approximate surface area is 102 Å². The SMILES string of the molecule is COc1cccc(C2CC(CO)CN(C)C2)n1. The lowest BCUT2D eigenvalue weighted by Gasteiger charge is -2.34. The van der Waals surface area contributed by atoms with Gasteiger partial charge in [0.05, 0.1) is 7.11 Å². The van der Waals surface area contributed by atoms with E-state index in [1.807, 2.05) is 18.2 Å². The molecule has 1 aliphatic rings. The summed E-state index contributed by atoms with van der Waals surface area (Å²) >= 11 is 0. The Kier molecular flexibility index (Phi) is 3.97. The number of aliphatic hydroxyl groups is 1. The quantitative estimate of drug-likeness (QED) is 0.854. The molecule has 0 aromatic carbocycles. The van der Waals surface area contributed by atoms with Crippen LogP contribution in [0.5, 0.6) is 5.88 Å². The summed E-state index contributed by atoms with van der Waals surface area (Å²) in [4.78, 5) is 6.75. The van der Waals surface area contributed by atoms with Crippen LogP contribution in [0.2, 0.25) is 0 Å². The fourth-order valence-electron chi connectivity index (χ4n) is 2.56. The molecule has 2 heterocycles. The van der Waals surface area contributed by atoms with Gasteiger partial charge >= 0.3 is 0 Å². The summed E-state index contributed by atoms with van der Waals surface area (Å²) in [5.74, 6) is 1.41. The molecule has 1 saturated heterocycles. The molecule has 94 valence electrons. The van der Waals surface area contributed by atoms with Crippen LogP contribution >= 0.6 is 0 Å². The first kappa shape index (κ1) is 12.3. The number of aromatic nitrogens is 1. The van der Waals surface area contributed by atoms with E-state index in [2.05, 4.69) is 16.9 Å². The summed E-state index contributed by atoms with van der Waals surface area (Å²) in [6.45, 7) is 2.22. The molecule has 2 rings (SSSR count). The smallest absolute Gasteiger partial charge is 0.213 e. The molecular weight excluding hydrogens is 216 g/mol. The van der Waals surface area contributed by atoms with E-state index >= 15 is 0 Å². The molecule has 1 aromatic rings. The number of pyridine rings is 1. The Morgan fingerprint density at radius 3 is 3.00 bits per heavy atom. The first-order valence-corrected chi connectivity index (χ1v) is 6.03. The van der Waals surface area contributed by atoms with Crippen molar-refractivity contribution in [3.8, 4) is 5.88 Å². The first-order chi connectivity index (χ1) is 8.22. The van der Waals surface area contributed by atoms with Crippen molar-refractivity contribution >= 4 is 0 Å². The van der Waals surface area contributed by atoms with Crippen LogP contribution in [0.1, 0.15) is 18.0 Å². The second-order valence-electron chi connectivity index (χ2n) is 4.81. The van der Waals surface area contributed by atoms with Crippen LogP contribution in [0, 0.1) is 5.92 Å². The number of ether oxygens (including phenoxy) is 1. The highest BCUT2D eigenvalue weighted by molar-refractivity contribution is 5.19. The van der Waals surface area contributed by atoms with E-state index in [1.54, 1.807) is 7.11 Å². The summed E-state index contributed by atoms with van der Waals surface area (Å²) in [7, 11) is 3.73. The van der Waals surface area contributed by atoms with Crippen molar-refractivity contribution < 1.29 is 9.84 Å². The largest absolute Gasteiger partial charge is 0.481 e. The fraction of sp³-hybridized carbons (Fsp3) is 0.615. The Morgan fingerprint density at radius 1 is 1.47 bits per heavy atom. The van der Waals surface area contributed by atoms with Crippen molar-refractivity contribution in [2.24, 2.45) is 5.92 Å². The summed E-state index contributed by atoms with van der Waals surface area (Å²) < 4.78 is 5.15. The first-order valence-electron chi connectivity index (χ1n) is 6.03. The van der Waals surface area contributed by atoms with E-state index in [0.29, 0.717) is 17.7 Å². The number of methoxy groups -OCH3 is 1. The van der Waals surface area contributed by atoms with E-state index in [-0.39, 0.29) is 6.61 Å². The summed E-state index contributed by atoms with van der Waals surface area (Å²) in [6.07, 6.45) is 1.00. The minimum Gasteiger partial charge on any atom is -0.481 e. The molecule has 0 aliphatic carbocycles. The number of likely N-dealkylation sites (tertiary alicyclic amines) is 1. The maximum atomic E-state index is 9.30. The van der Waals surface area contributed by atoms with Gasteiger partial charge in [-0.25, -0.2) is 4.98 Å². The third-order valence-corrected chi connectivity index (χ3v) is 3.35. The number of aliphatic hydroxyl groups excluding tert-OH is 1. The van der Waals surface area contributed by atoms with Crippen molar-refractivity contribution in [2.45, 2.75) is 12.3 Å². The zero-order valence-electron chi connectivity index (χ0n) is 10.5. The van der Waals surface area contributed by atoms with Crippen LogP contribution in [0.15, 0.2) is 18.2 Å². The van der Waals surface area contributed by atoms with E-state index in [1.165, 1.54) is 0 Å². The predicted octanol–water partition coefficient (Wildman–Crippen LogP) is 1.12. The number of nitrogens with zero attached hydrogens (tertiary/aromatic N) is 2. The molecule has 0 spiro atoms. The lowest BCUT2D eigenvalue weighted by atomic mass is 9.87. The van der Waals surface area contributed by atoms with Gasteiger partial charge in [-0.3, -0.25) is 0 Å². The standard InChI is InChI=1S/C13H20N2O2/c1-15-7-10(9-16)6-11(8-15)12-4-3-5-13(14-12)17-2/h3-5,10-11,16H,6-9H2,1-2H3. The summed E-state index contributed by atoms with van der Waals surface area (Å²) in [6, 6.07) is 5.88. The molecule has 1 aliphatic heterocycles. The van der Waals surface area contributed by atoms with E-state index in [0.717, 1.165) is 25.2 Å². The van der Waals surface area contributed by atoms with Gasteiger partial charge in [0, 0.05) is 37.4 Å². The lowest BCUT2D eigenvalue weighted by molar-refractivity contribution is 0.123. The Balaban J connectivity index is 2.14. The average molecular weight is 236 g/mol. The second kappa shape index (κ2) is 5.47. The van der Waals surface area contributed by atoms with Gasteiger partial charge in [-0.1, -0.05) is 6.07 Å². The molecule has 2 atom stereocenters. The fourth-order valence-corrected chi connectivity index (χ4v) is 2.56. The Bertz CT molecular complexity index is 370. The van der Waals surface area contributed by atoms with Gasteiger partial charge in [-0.15, -0.1) is 0 Å². The molecule has 1 aromatic heterocycles. The van der Waals surface area contributed by atoms with E-state index in [4.69, 9.17) is 4.74 Å². The van der Waals surface area contributed by atoms with Crippen LogP contribution < -0.4 is 4.74 Å². The Morgan fingerprint density at radius 2 is 2.29 bits per heavy atom. The van der Waals surface area contributed by atoms with E-state index < -0.39 is 0 Å². The third-order valence-electron chi connectivity index (χ3n) is 3.35. The number of rotatable bonds is 3. The van der Waals surface area contributed by atoms with Crippen LogP contribution in [-0.2, 0) is 0 Å². The number of likely N-dealkylation sites (N-methyl/N-ethyl adjacent to an activating group) is 1. The van der Waals surface area contributed by atoms with Crippen molar-refractivity contribution in [1.82, 2.24) is 9.88 Å². The van der Waals surface area contributed by atoms with Gasteiger partial charge in [0.15, 0.2) is 0 Å². The van der Waals surface area contributed by atoms with Crippen molar-refractivity contribution in [1.29, 1.82) is 0 Å². The maximum absolute atomic E-state index is 9.30. The number of hydrogen-bond donors (Lipinski definition) is 1. The highest BCUT2D eigenvalue weighted by Crippen LogP contribution is 2.29. The number of hydrogen-bond acceptors (Lipinski definition) is 4. The van der Waals surface area contributed by atoms with Crippen molar-refractivity contribution in [2.75, 3.05) is 33.9 Å². The van der Waals surface area contributed by atoms with Crippen LogP contribution in [0.3, 0.4) is 0 Å². The van der Waals surface area contributed by atoms with Gasteiger partial charge in [0.25, 0.3) is 0 Å². The molecular formula is C13H20N2O2. The zero-order valence-corrected chi connectivity index (χ0v) is 10.5. The molecule has 4 nitrogen and oxygen atoms in total. The minimum atomic E-state index is 0.255. The normalized spacial score (nSPS) is 25.8. The van der Waals surface area contributed by atoms with Crippen LogP contribution in [0.25, 0.3) is 0 Å². The van der Waals surface area contributed by atoms with Gasteiger partial charge in [-0.2, -0.15) is 0 Å². The summed E-state index contributed by atoms with van der Waals surface area (Å²) in [5.41, 5.74) is 1.06. The minimum absolute atomic E-state index is 0.255. The summed E-state index contributed by atoms with van der Waals surface area (Å²) in [5, 5.41) is 9.30. The van der Waals surface area contributed by atoms with Gasteiger partial charge in [-0.05, 0) is 25.5 Å². The van der Waals surface area contributed by atoms with Crippen LogP contribution in [-0.4, -0.2) is 48.8 Å². The molecule has 0 saturated carbocycles.